The fraction of sp³-hybridized carbons (Fsp3) is 0.667. The molecular weight excluding hydrogens is 290 g/mol. The summed E-state index contributed by atoms with van der Waals surface area (Å²) < 4.78 is 5.69. The zero-order valence-corrected chi connectivity index (χ0v) is 14.1. The van der Waals surface area contributed by atoms with Crippen LogP contribution in [0.3, 0.4) is 0 Å². The van der Waals surface area contributed by atoms with Crippen LogP contribution in [-0.4, -0.2) is 66.1 Å². The van der Waals surface area contributed by atoms with Crippen LogP contribution >= 0.6 is 0 Å². The SMILES string of the molecule is COC(CN(C)C(=O)c1ccncc1)CN1[C@@H]2CCC[C@H]1CC2. The van der Waals surface area contributed by atoms with Crippen molar-refractivity contribution in [1.29, 1.82) is 0 Å². The van der Waals surface area contributed by atoms with Crippen LogP contribution in [-0.2, 0) is 4.74 Å². The van der Waals surface area contributed by atoms with Crippen molar-refractivity contribution >= 4 is 5.91 Å². The average molecular weight is 317 g/mol. The van der Waals surface area contributed by atoms with Gasteiger partial charge in [0.2, 0.25) is 0 Å². The molecule has 3 rings (SSSR count). The van der Waals surface area contributed by atoms with Crippen LogP contribution in [0.5, 0.6) is 0 Å². The van der Waals surface area contributed by atoms with E-state index in [4.69, 9.17) is 4.74 Å². The molecule has 2 saturated heterocycles. The molecule has 0 saturated carbocycles. The third-order valence-electron chi connectivity index (χ3n) is 5.35. The Labute approximate surface area is 138 Å². The van der Waals surface area contributed by atoms with Crippen molar-refractivity contribution in [2.45, 2.75) is 50.3 Å². The first-order chi connectivity index (χ1) is 11.2. The maximum atomic E-state index is 12.5. The summed E-state index contributed by atoms with van der Waals surface area (Å²) in [6.07, 6.45) is 10.0. The number of carbonyl (C=O) groups excluding carboxylic acids is 1. The number of carbonyl (C=O) groups is 1. The predicted octanol–water partition coefficient (Wildman–Crippen LogP) is 2.19. The monoisotopic (exact) mass is 317 g/mol. The largest absolute Gasteiger partial charge is 0.378 e. The summed E-state index contributed by atoms with van der Waals surface area (Å²) in [5.74, 6) is 0.0241. The fourth-order valence-corrected chi connectivity index (χ4v) is 4.07. The van der Waals surface area contributed by atoms with E-state index in [2.05, 4.69) is 9.88 Å². The Bertz CT molecular complexity index is 506. The van der Waals surface area contributed by atoms with E-state index in [0.717, 1.165) is 18.6 Å². The molecule has 2 aliphatic heterocycles. The number of aromatic nitrogens is 1. The van der Waals surface area contributed by atoms with Crippen LogP contribution < -0.4 is 0 Å². The first kappa shape index (κ1) is 16.4. The highest BCUT2D eigenvalue weighted by Crippen LogP contribution is 2.35. The summed E-state index contributed by atoms with van der Waals surface area (Å²) in [5.41, 5.74) is 0.676. The smallest absolute Gasteiger partial charge is 0.253 e. The molecule has 2 fully saturated rings. The Morgan fingerprint density at radius 1 is 1.30 bits per heavy atom. The number of ether oxygens (including phenoxy) is 1. The minimum Gasteiger partial charge on any atom is -0.378 e. The second-order valence-corrected chi connectivity index (χ2v) is 6.79. The molecule has 126 valence electrons. The number of fused-ring (bicyclic) bond motifs is 2. The summed E-state index contributed by atoms with van der Waals surface area (Å²) in [6, 6.07) is 4.97. The van der Waals surface area contributed by atoms with Gasteiger partial charge in [0.25, 0.3) is 5.91 Å². The number of pyridine rings is 1. The van der Waals surface area contributed by atoms with Crippen LogP contribution in [0.25, 0.3) is 0 Å². The lowest BCUT2D eigenvalue weighted by atomic mass is 10.0. The topological polar surface area (TPSA) is 45.7 Å². The van der Waals surface area contributed by atoms with Crippen LogP contribution in [0.15, 0.2) is 24.5 Å². The molecule has 0 spiro atoms. The van der Waals surface area contributed by atoms with E-state index in [0.29, 0.717) is 12.1 Å². The third-order valence-corrected chi connectivity index (χ3v) is 5.35. The van der Waals surface area contributed by atoms with Gasteiger partial charge in [-0.25, -0.2) is 0 Å². The highest BCUT2D eigenvalue weighted by Gasteiger charge is 2.37. The molecule has 2 aliphatic rings. The van der Waals surface area contributed by atoms with Crippen LogP contribution in [0.1, 0.15) is 42.5 Å². The van der Waals surface area contributed by atoms with Gasteiger partial charge >= 0.3 is 0 Å². The molecule has 2 bridgehead atoms. The molecule has 1 amide bonds. The number of hydrogen-bond donors (Lipinski definition) is 0. The molecule has 0 aliphatic carbocycles. The quantitative estimate of drug-likeness (QED) is 0.807. The standard InChI is InChI=1S/C18H27N3O2/c1-20(18(22)14-8-10-19-11-9-14)12-17(23-2)13-21-15-4-3-5-16(21)7-6-15/h8-11,15-17H,3-7,12-13H2,1-2H3/t15-,16+,17?. The van der Waals surface area contributed by atoms with Crippen molar-refractivity contribution in [2.75, 3.05) is 27.2 Å². The Hall–Kier alpha value is -1.46. The Morgan fingerprint density at radius 2 is 1.96 bits per heavy atom. The Balaban J connectivity index is 1.57. The van der Waals surface area contributed by atoms with E-state index in [1.807, 2.05) is 7.05 Å². The van der Waals surface area contributed by atoms with E-state index in [1.165, 1.54) is 32.1 Å². The molecule has 5 heteroatoms. The molecule has 0 radical (unpaired) electrons. The molecule has 23 heavy (non-hydrogen) atoms. The molecule has 3 heterocycles. The second-order valence-electron chi connectivity index (χ2n) is 6.79. The summed E-state index contributed by atoms with van der Waals surface area (Å²) in [6.45, 7) is 1.55. The number of hydrogen-bond acceptors (Lipinski definition) is 4. The molecule has 1 aromatic heterocycles. The zero-order valence-electron chi connectivity index (χ0n) is 14.1. The van der Waals surface area contributed by atoms with Crippen molar-refractivity contribution in [3.63, 3.8) is 0 Å². The highest BCUT2D eigenvalue weighted by atomic mass is 16.5. The minimum atomic E-state index is 0.0241. The van der Waals surface area contributed by atoms with E-state index in [1.54, 1.807) is 36.5 Å². The molecule has 5 nitrogen and oxygen atoms in total. The number of methoxy groups -OCH3 is 1. The lowest BCUT2D eigenvalue weighted by molar-refractivity contribution is 0.0158. The summed E-state index contributed by atoms with van der Waals surface area (Å²) in [7, 11) is 3.60. The fourth-order valence-electron chi connectivity index (χ4n) is 4.07. The van der Waals surface area contributed by atoms with Crippen molar-refractivity contribution in [1.82, 2.24) is 14.8 Å². The van der Waals surface area contributed by atoms with Gasteiger partial charge in [0, 0.05) is 57.3 Å². The number of rotatable bonds is 6. The maximum absolute atomic E-state index is 12.5. The van der Waals surface area contributed by atoms with Gasteiger partial charge in [-0.3, -0.25) is 14.7 Å². The summed E-state index contributed by atoms with van der Waals surface area (Å²) in [4.78, 5) is 20.8. The molecule has 0 aromatic carbocycles. The number of nitrogens with zero attached hydrogens (tertiary/aromatic N) is 3. The van der Waals surface area contributed by atoms with Crippen molar-refractivity contribution in [2.24, 2.45) is 0 Å². The summed E-state index contributed by atoms with van der Waals surface area (Å²) >= 11 is 0. The first-order valence-corrected chi connectivity index (χ1v) is 8.63. The van der Waals surface area contributed by atoms with Crippen LogP contribution in [0, 0.1) is 0 Å². The van der Waals surface area contributed by atoms with Gasteiger partial charge in [0.1, 0.15) is 0 Å². The second kappa shape index (κ2) is 7.41. The molecule has 1 aromatic rings. The lowest BCUT2D eigenvalue weighted by Gasteiger charge is -2.37. The van der Waals surface area contributed by atoms with Gasteiger partial charge < -0.3 is 9.64 Å². The van der Waals surface area contributed by atoms with E-state index < -0.39 is 0 Å². The first-order valence-electron chi connectivity index (χ1n) is 8.63. The summed E-state index contributed by atoms with van der Waals surface area (Å²) in [5, 5.41) is 0. The van der Waals surface area contributed by atoms with Crippen molar-refractivity contribution in [3.05, 3.63) is 30.1 Å². The maximum Gasteiger partial charge on any atom is 0.253 e. The van der Waals surface area contributed by atoms with Crippen molar-refractivity contribution in [3.8, 4) is 0 Å². The minimum absolute atomic E-state index is 0.0241. The van der Waals surface area contributed by atoms with Gasteiger partial charge in [-0.05, 0) is 37.8 Å². The average Bonchev–Trinajstić information content (AvgIpc) is 2.81. The van der Waals surface area contributed by atoms with Crippen LogP contribution in [0.2, 0.25) is 0 Å². The van der Waals surface area contributed by atoms with Gasteiger partial charge in [-0.2, -0.15) is 0 Å². The van der Waals surface area contributed by atoms with Gasteiger partial charge in [0.05, 0.1) is 6.10 Å². The van der Waals surface area contributed by atoms with Gasteiger partial charge in [-0.1, -0.05) is 6.42 Å². The zero-order chi connectivity index (χ0) is 16.2. The highest BCUT2D eigenvalue weighted by molar-refractivity contribution is 5.93. The van der Waals surface area contributed by atoms with Gasteiger partial charge in [-0.15, -0.1) is 0 Å². The van der Waals surface area contributed by atoms with E-state index in [-0.39, 0.29) is 12.0 Å². The van der Waals surface area contributed by atoms with E-state index in [9.17, 15) is 4.79 Å². The number of likely N-dealkylation sites (N-methyl/N-ethyl adjacent to an activating group) is 1. The normalized spacial score (nSPS) is 25.3. The Morgan fingerprint density at radius 3 is 2.57 bits per heavy atom. The predicted molar refractivity (Wildman–Crippen MR) is 89.4 cm³/mol. The number of piperidine rings is 1. The molecule has 0 N–H and O–H groups in total. The molecule has 3 atom stereocenters. The number of amides is 1. The van der Waals surface area contributed by atoms with Crippen LogP contribution in [0.4, 0.5) is 0 Å². The van der Waals surface area contributed by atoms with Crippen molar-refractivity contribution < 1.29 is 9.53 Å². The molecule has 1 unspecified atom stereocenters. The third kappa shape index (κ3) is 3.72. The molecular formula is C18H27N3O2. The Kier molecular flexibility index (Phi) is 5.28. The van der Waals surface area contributed by atoms with Gasteiger partial charge in [0.15, 0.2) is 0 Å². The van der Waals surface area contributed by atoms with E-state index >= 15 is 0 Å². The lowest BCUT2D eigenvalue weighted by Crippen LogP contribution is -2.47.